The van der Waals surface area contributed by atoms with E-state index in [9.17, 15) is 15.0 Å². The molecule has 2 unspecified atom stereocenters. The smallest absolute Gasteiger partial charge is 0.243 e. The quantitative estimate of drug-likeness (QED) is 0.448. The number of aromatic hydroxyl groups is 2. The minimum Gasteiger partial charge on any atom is -0.504 e. The molecule has 0 spiro atoms. The van der Waals surface area contributed by atoms with Crippen LogP contribution in [0, 0.1) is 17.8 Å². The van der Waals surface area contributed by atoms with Crippen molar-refractivity contribution in [3.63, 3.8) is 0 Å². The van der Waals surface area contributed by atoms with Gasteiger partial charge in [0.2, 0.25) is 5.91 Å². The van der Waals surface area contributed by atoms with Crippen LogP contribution in [0.25, 0.3) is 0 Å². The molecule has 0 radical (unpaired) electrons. The van der Waals surface area contributed by atoms with Crippen LogP contribution >= 0.6 is 0 Å². The Balaban J connectivity index is 1.58. The van der Waals surface area contributed by atoms with E-state index in [4.69, 9.17) is 0 Å². The van der Waals surface area contributed by atoms with Crippen molar-refractivity contribution in [1.82, 2.24) is 5.43 Å². The Kier molecular flexibility index (Phi) is 3.34. The van der Waals surface area contributed by atoms with Crippen LogP contribution in [-0.2, 0) is 4.79 Å². The van der Waals surface area contributed by atoms with Crippen molar-refractivity contribution in [2.45, 2.75) is 25.7 Å². The van der Waals surface area contributed by atoms with Crippen LogP contribution in [-0.4, -0.2) is 22.3 Å². The van der Waals surface area contributed by atoms with Gasteiger partial charge in [0.1, 0.15) is 0 Å². The van der Waals surface area contributed by atoms with E-state index in [-0.39, 0.29) is 23.3 Å². The predicted octanol–water partition coefficient (Wildman–Crippen LogP) is 1.98. The molecule has 2 saturated carbocycles. The molecule has 5 heteroatoms. The summed E-state index contributed by atoms with van der Waals surface area (Å²) in [6.07, 6.45) is 6.11. The van der Waals surface area contributed by atoms with Crippen molar-refractivity contribution >= 4 is 12.1 Å². The molecule has 0 bridgehead atoms. The number of rotatable bonds is 3. The zero-order valence-electron chi connectivity index (χ0n) is 11.1. The van der Waals surface area contributed by atoms with Crippen molar-refractivity contribution in [2.75, 3.05) is 0 Å². The van der Waals surface area contributed by atoms with Crippen LogP contribution in [0.5, 0.6) is 11.5 Å². The number of carbonyl (C=O) groups is 1. The number of amides is 1. The van der Waals surface area contributed by atoms with Gasteiger partial charge in [-0.1, -0.05) is 18.9 Å². The molecule has 1 aromatic carbocycles. The minimum atomic E-state index is -0.231. The van der Waals surface area contributed by atoms with Gasteiger partial charge >= 0.3 is 0 Å². The van der Waals surface area contributed by atoms with Crippen LogP contribution < -0.4 is 5.43 Å². The normalized spacial score (nSPS) is 28.1. The number of hydrogen-bond acceptors (Lipinski definition) is 4. The molecule has 20 heavy (non-hydrogen) atoms. The number of nitrogens with one attached hydrogen (secondary N) is 1. The second-order valence-corrected chi connectivity index (χ2v) is 5.59. The van der Waals surface area contributed by atoms with Crippen molar-refractivity contribution in [3.8, 4) is 11.5 Å². The fourth-order valence-corrected chi connectivity index (χ4v) is 3.27. The Morgan fingerprint density at radius 3 is 2.65 bits per heavy atom. The molecule has 2 aliphatic carbocycles. The van der Waals surface area contributed by atoms with E-state index in [1.54, 1.807) is 12.1 Å². The Morgan fingerprint density at radius 2 is 1.95 bits per heavy atom. The maximum absolute atomic E-state index is 12.0. The molecule has 0 saturated heterocycles. The van der Waals surface area contributed by atoms with Gasteiger partial charge in [0, 0.05) is 11.5 Å². The number of carbonyl (C=O) groups excluding carboxylic acids is 1. The Labute approximate surface area is 117 Å². The van der Waals surface area contributed by atoms with Crippen LogP contribution in [0.2, 0.25) is 0 Å². The summed E-state index contributed by atoms with van der Waals surface area (Å²) in [6.45, 7) is 0. The lowest BCUT2D eigenvalue weighted by Gasteiger charge is -2.04. The highest BCUT2D eigenvalue weighted by molar-refractivity contribution is 5.87. The Morgan fingerprint density at radius 1 is 1.25 bits per heavy atom. The minimum absolute atomic E-state index is 0.0298. The summed E-state index contributed by atoms with van der Waals surface area (Å²) in [5, 5.41) is 22.8. The first-order valence-corrected chi connectivity index (χ1v) is 7.02. The lowest BCUT2D eigenvalue weighted by Crippen LogP contribution is -2.20. The molecule has 1 aromatic rings. The fraction of sp³-hybridized carbons (Fsp3) is 0.467. The van der Waals surface area contributed by atoms with E-state index in [1.807, 2.05) is 0 Å². The van der Waals surface area contributed by atoms with E-state index in [0.29, 0.717) is 17.4 Å². The number of hydrogen-bond donors (Lipinski definition) is 3. The van der Waals surface area contributed by atoms with Crippen LogP contribution in [0.4, 0.5) is 0 Å². The number of benzene rings is 1. The second kappa shape index (κ2) is 5.15. The Hall–Kier alpha value is -2.04. The van der Waals surface area contributed by atoms with Gasteiger partial charge in [-0.05, 0) is 36.8 Å². The summed E-state index contributed by atoms with van der Waals surface area (Å²) in [4.78, 5) is 12.0. The molecular formula is C15H18N2O3. The van der Waals surface area contributed by atoms with Crippen LogP contribution in [0.1, 0.15) is 31.2 Å². The van der Waals surface area contributed by atoms with E-state index in [1.165, 1.54) is 25.1 Å². The third kappa shape index (κ3) is 2.35. The van der Waals surface area contributed by atoms with Gasteiger partial charge in [-0.25, -0.2) is 5.43 Å². The number of nitrogens with zero attached hydrogens (tertiary/aromatic N) is 1. The molecular weight excluding hydrogens is 256 g/mol. The Bertz CT molecular complexity index is 544. The van der Waals surface area contributed by atoms with Crippen molar-refractivity contribution in [2.24, 2.45) is 22.9 Å². The summed E-state index contributed by atoms with van der Waals surface area (Å²) in [7, 11) is 0. The molecule has 3 rings (SSSR count). The van der Waals surface area contributed by atoms with Gasteiger partial charge in [-0.15, -0.1) is 0 Å². The van der Waals surface area contributed by atoms with E-state index in [2.05, 4.69) is 10.5 Å². The number of hydrazone groups is 1. The average Bonchev–Trinajstić information content (AvgIpc) is 3.18. The van der Waals surface area contributed by atoms with Gasteiger partial charge in [-0.3, -0.25) is 4.79 Å². The highest BCUT2D eigenvalue weighted by Crippen LogP contribution is 2.55. The van der Waals surface area contributed by atoms with E-state index in [0.717, 1.165) is 12.8 Å². The lowest BCUT2D eigenvalue weighted by atomic mass is 10.0. The third-order valence-corrected chi connectivity index (χ3v) is 4.38. The molecule has 2 atom stereocenters. The number of fused-ring (bicyclic) bond motifs is 1. The summed E-state index contributed by atoms with van der Waals surface area (Å²) >= 11 is 0. The zero-order chi connectivity index (χ0) is 14.1. The van der Waals surface area contributed by atoms with Crippen molar-refractivity contribution in [1.29, 1.82) is 0 Å². The van der Waals surface area contributed by atoms with E-state index >= 15 is 0 Å². The standard InChI is InChI=1S/C15H18N2O3/c18-12-7-3-4-9(14(12)19)8-16-17-15(20)13-10-5-1-2-6-11(10)13/h3-4,7-8,10-11,13,18-19H,1-2,5-6H2,(H,17,20). The third-order valence-electron chi connectivity index (χ3n) is 4.38. The van der Waals surface area contributed by atoms with Gasteiger partial charge < -0.3 is 10.2 Å². The van der Waals surface area contributed by atoms with Gasteiger partial charge in [0.25, 0.3) is 0 Å². The van der Waals surface area contributed by atoms with Gasteiger partial charge in [0.15, 0.2) is 11.5 Å². The molecule has 5 nitrogen and oxygen atoms in total. The van der Waals surface area contributed by atoms with Gasteiger partial charge in [-0.2, -0.15) is 5.10 Å². The second-order valence-electron chi connectivity index (χ2n) is 5.59. The van der Waals surface area contributed by atoms with Gasteiger partial charge in [0.05, 0.1) is 6.21 Å². The number of phenols is 2. The monoisotopic (exact) mass is 274 g/mol. The molecule has 2 fully saturated rings. The molecule has 1 amide bonds. The number of para-hydroxylation sites is 1. The van der Waals surface area contributed by atoms with Crippen LogP contribution in [0.3, 0.4) is 0 Å². The van der Waals surface area contributed by atoms with E-state index < -0.39 is 0 Å². The topological polar surface area (TPSA) is 81.9 Å². The highest BCUT2D eigenvalue weighted by atomic mass is 16.3. The first kappa shape index (κ1) is 13.0. The predicted molar refractivity (Wildman–Crippen MR) is 74.4 cm³/mol. The molecule has 0 aliphatic heterocycles. The zero-order valence-corrected chi connectivity index (χ0v) is 11.1. The maximum atomic E-state index is 12.0. The lowest BCUT2D eigenvalue weighted by molar-refractivity contribution is -0.122. The first-order valence-electron chi connectivity index (χ1n) is 7.02. The fourth-order valence-electron chi connectivity index (χ4n) is 3.27. The van der Waals surface area contributed by atoms with Crippen molar-refractivity contribution in [3.05, 3.63) is 23.8 Å². The first-order chi connectivity index (χ1) is 9.68. The molecule has 2 aliphatic rings. The molecule has 0 aromatic heterocycles. The maximum Gasteiger partial charge on any atom is 0.243 e. The summed E-state index contributed by atoms with van der Waals surface area (Å²) < 4.78 is 0. The average molecular weight is 274 g/mol. The number of phenolic OH excluding ortho intramolecular Hbond substituents is 2. The van der Waals surface area contributed by atoms with Crippen molar-refractivity contribution < 1.29 is 15.0 Å². The molecule has 0 heterocycles. The SMILES string of the molecule is O=C(NN=Cc1cccc(O)c1O)C1C2CCCCC21. The summed E-state index contributed by atoms with van der Waals surface area (Å²) in [5.41, 5.74) is 2.91. The molecule has 106 valence electrons. The summed E-state index contributed by atoms with van der Waals surface area (Å²) in [6, 6.07) is 4.61. The molecule has 3 N–H and O–H groups in total. The largest absolute Gasteiger partial charge is 0.504 e. The summed E-state index contributed by atoms with van der Waals surface area (Å²) in [5.74, 6) is 0.755. The highest BCUT2D eigenvalue weighted by Gasteiger charge is 2.54. The van der Waals surface area contributed by atoms with Crippen LogP contribution in [0.15, 0.2) is 23.3 Å².